The van der Waals surface area contributed by atoms with Crippen molar-refractivity contribution in [3.05, 3.63) is 33.8 Å². The highest BCUT2D eigenvalue weighted by Gasteiger charge is 2.32. The summed E-state index contributed by atoms with van der Waals surface area (Å²) in [5.41, 5.74) is 1.85. The van der Waals surface area contributed by atoms with Crippen LogP contribution in [0.1, 0.15) is 17.5 Å². The van der Waals surface area contributed by atoms with Crippen LogP contribution in [0.25, 0.3) is 0 Å². The van der Waals surface area contributed by atoms with Crippen LogP contribution in [0.15, 0.2) is 22.7 Å². The number of rotatable bonds is 5. The molecule has 4 nitrogen and oxygen atoms in total. The minimum atomic E-state index is 0.271. The van der Waals surface area contributed by atoms with E-state index in [0.29, 0.717) is 18.2 Å². The fraction of sp³-hybridized carbons (Fsp3) is 0.533. The minimum Gasteiger partial charge on any atom is -0.383 e. The van der Waals surface area contributed by atoms with Gasteiger partial charge in [-0.15, -0.1) is 0 Å². The zero-order chi connectivity index (χ0) is 14.5. The molecule has 0 aliphatic carbocycles. The van der Waals surface area contributed by atoms with Crippen molar-refractivity contribution in [1.29, 1.82) is 5.26 Å². The number of likely N-dealkylation sites (tertiary alicyclic amines) is 1. The molecule has 1 aliphatic rings. The van der Waals surface area contributed by atoms with Gasteiger partial charge in [0.15, 0.2) is 0 Å². The van der Waals surface area contributed by atoms with Crippen LogP contribution in [-0.4, -0.2) is 44.4 Å². The molecule has 0 spiro atoms. The first-order valence-corrected chi connectivity index (χ1v) is 7.41. The van der Waals surface area contributed by atoms with Gasteiger partial charge in [0.25, 0.3) is 0 Å². The van der Waals surface area contributed by atoms with Gasteiger partial charge in [0.05, 0.1) is 24.3 Å². The zero-order valence-corrected chi connectivity index (χ0v) is 13.4. The average molecular weight is 339 g/mol. The number of ether oxygens (including phenoxy) is 2. The van der Waals surface area contributed by atoms with Crippen molar-refractivity contribution in [3.63, 3.8) is 0 Å². The van der Waals surface area contributed by atoms with Gasteiger partial charge in [0.2, 0.25) is 0 Å². The van der Waals surface area contributed by atoms with Crippen LogP contribution >= 0.6 is 15.9 Å². The maximum absolute atomic E-state index is 8.90. The van der Waals surface area contributed by atoms with Gasteiger partial charge in [-0.2, -0.15) is 5.26 Å². The molecule has 1 saturated heterocycles. The number of nitrogens with zero attached hydrogens (tertiary/aromatic N) is 2. The quantitative estimate of drug-likeness (QED) is 0.827. The zero-order valence-electron chi connectivity index (χ0n) is 11.8. The molecule has 1 aromatic carbocycles. The summed E-state index contributed by atoms with van der Waals surface area (Å²) < 4.78 is 11.8. The van der Waals surface area contributed by atoms with E-state index in [0.717, 1.165) is 24.0 Å². The van der Waals surface area contributed by atoms with Gasteiger partial charge in [-0.05, 0) is 24.1 Å². The molecule has 0 saturated carbocycles. The fourth-order valence-electron chi connectivity index (χ4n) is 2.63. The molecule has 0 N–H and O–H groups in total. The summed E-state index contributed by atoms with van der Waals surface area (Å²) >= 11 is 3.55. The number of nitriles is 1. The first-order valence-electron chi connectivity index (χ1n) is 6.62. The van der Waals surface area contributed by atoms with Crippen LogP contribution in [0.3, 0.4) is 0 Å². The maximum atomic E-state index is 8.90. The van der Waals surface area contributed by atoms with E-state index in [1.165, 1.54) is 5.56 Å². The van der Waals surface area contributed by atoms with Gasteiger partial charge < -0.3 is 9.47 Å². The van der Waals surface area contributed by atoms with Crippen LogP contribution in [0.2, 0.25) is 0 Å². The van der Waals surface area contributed by atoms with E-state index >= 15 is 0 Å². The van der Waals surface area contributed by atoms with Crippen molar-refractivity contribution < 1.29 is 9.47 Å². The van der Waals surface area contributed by atoms with Crippen molar-refractivity contribution >= 4 is 15.9 Å². The van der Waals surface area contributed by atoms with Gasteiger partial charge in [0.1, 0.15) is 0 Å². The van der Waals surface area contributed by atoms with Crippen LogP contribution in [-0.2, 0) is 16.0 Å². The predicted octanol–water partition coefficient (Wildman–Crippen LogP) is 2.56. The van der Waals surface area contributed by atoms with E-state index in [2.05, 4.69) is 26.9 Å². The van der Waals surface area contributed by atoms with Gasteiger partial charge in [-0.3, -0.25) is 4.90 Å². The summed E-state index contributed by atoms with van der Waals surface area (Å²) in [5, 5.41) is 8.90. The second-order valence-electron chi connectivity index (χ2n) is 5.05. The molecule has 1 aliphatic heterocycles. The first kappa shape index (κ1) is 15.5. The third kappa shape index (κ3) is 3.58. The molecule has 1 aromatic rings. The molecular formula is C15H19BrN2O2. The molecule has 2 rings (SSSR count). The van der Waals surface area contributed by atoms with E-state index in [1.54, 1.807) is 14.2 Å². The Labute approximate surface area is 128 Å². The lowest BCUT2D eigenvalue weighted by atomic mass is 10.1. The summed E-state index contributed by atoms with van der Waals surface area (Å²) in [4.78, 5) is 2.38. The summed E-state index contributed by atoms with van der Waals surface area (Å²) in [6.45, 7) is 2.46. The van der Waals surface area contributed by atoms with Gasteiger partial charge >= 0.3 is 0 Å². The Morgan fingerprint density at radius 2 is 2.25 bits per heavy atom. The van der Waals surface area contributed by atoms with Crippen LogP contribution in [0.4, 0.5) is 0 Å². The molecule has 2 atom stereocenters. The molecule has 0 radical (unpaired) electrons. The van der Waals surface area contributed by atoms with Gasteiger partial charge in [-0.25, -0.2) is 0 Å². The lowest BCUT2D eigenvalue weighted by Gasteiger charge is -2.24. The smallest absolute Gasteiger partial charge is 0.0992 e. The van der Waals surface area contributed by atoms with E-state index in [9.17, 15) is 0 Å². The number of halogens is 1. The topological polar surface area (TPSA) is 45.5 Å². The average Bonchev–Trinajstić information content (AvgIpc) is 2.84. The Morgan fingerprint density at radius 1 is 1.45 bits per heavy atom. The third-order valence-electron chi connectivity index (χ3n) is 3.74. The molecule has 0 unspecified atom stereocenters. The highest BCUT2D eigenvalue weighted by molar-refractivity contribution is 9.10. The minimum absolute atomic E-state index is 0.271. The predicted molar refractivity (Wildman–Crippen MR) is 80.3 cm³/mol. The highest BCUT2D eigenvalue weighted by Crippen LogP contribution is 2.26. The van der Waals surface area contributed by atoms with E-state index in [4.69, 9.17) is 14.7 Å². The maximum Gasteiger partial charge on any atom is 0.0992 e. The Hall–Kier alpha value is -0.930. The largest absolute Gasteiger partial charge is 0.383 e. The van der Waals surface area contributed by atoms with Crippen molar-refractivity contribution in [1.82, 2.24) is 4.90 Å². The Bertz CT molecular complexity index is 501. The molecule has 1 fully saturated rings. The van der Waals surface area contributed by atoms with Crippen LogP contribution < -0.4 is 0 Å². The molecule has 20 heavy (non-hydrogen) atoms. The molecule has 0 amide bonds. The second kappa shape index (κ2) is 7.19. The Morgan fingerprint density at radius 3 is 2.85 bits per heavy atom. The standard InChI is InChI=1S/C15H19BrN2O2/c1-19-10-13-6-14(20-2)9-18(13)8-12-4-3-11(7-17)5-15(12)16/h3-5,13-14H,6,8-10H2,1-2H3/t13-,14+/m0/s1. The van der Waals surface area contributed by atoms with E-state index in [1.807, 2.05) is 18.2 Å². The van der Waals surface area contributed by atoms with Gasteiger partial charge in [0, 0.05) is 37.8 Å². The normalized spacial score (nSPS) is 22.9. The molecule has 1 heterocycles. The monoisotopic (exact) mass is 338 g/mol. The van der Waals surface area contributed by atoms with E-state index < -0.39 is 0 Å². The number of hydrogen-bond acceptors (Lipinski definition) is 4. The molecular weight excluding hydrogens is 320 g/mol. The molecule has 0 bridgehead atoms. The molecule has 0 aromatic heterocycles. The summed E-state index contributed by atoms with van der Waals surface area (Å²) in [6, 6.07) is 8.26. The lowest BCUT2D eigenvalue weighted by molar-refractivity contribution is 0.106. The van der Waals surface area contributed by atoms with Crippen LogP contribution in [0, 0.1) is 11.3 Å². The molecule has 5 heteroatoms. The molecule has 108 valence electrons. The van der Waals surface area contributed by atoms with Crippen LogP contribution in [0.5, 0.6) is 0 Å². The Kier molecular flexibility index (Phi) is 5.55. The van der Waals surface area contributed by atoms with Crippen molar-refractivity contribution in [2.75, 3.05) is 27.4 Å². The Balaban J connectivity index is 2.09. The lowest BCUT2D eigenvalue weighted by Crippen LogP contribution is -2.32. The third-order valence-corrected chi connectivity index (χ3v) is 4.48. The fourth-order valence-corrected chi connectivity index (χ4v) is 3.14. The van der Waals surface area contributed by atoms with Crippen molar-refractivity contribution in [2.24, 2.45) is 0 Å². The second-order valence-corrected chi connectivity index (χ2v) is 5.90. The first-order chi connectivity index (χ1) is 9.67. The van der Waals surface area contributed by atoms with Gasteiger partial charge in [-0.1, -0.05) is 22.0 Å². The summed E-state index contributed by atoms with van der Waals surface area (Å²) in [5.74, 6) is 0. The SMILES string of the molecule is COC[C@@H]1C[C@@H](OC)CN1Cc1ccc(C#N)cc1Br. The number of hydrogen-bond donors (Lipinski definition) is 0. The highest BCUT2D eigenvalue weighted by atomic mass is 79.9. The number of benzene rings is 1. The van der Waals surface area contributed by atoms with E-state index in [-0.39, 0.29) is 6.10 Å². The summed E-state index contributed by atoms with van der Waals surface area (Å²) in [6.07, 6.45) is 1.27. The summed E-state index contributed by atoms with van der Waals surface area (Å²) in [7, 11) is 3.49. The van der Waals surface area contributed by atoms with Crippen molar-refractivity contribution in [2.45, 2.75) is 25.1 Å². The number of methoxy groups -OCH3 is 2. The van der Waals surface area contributed by atoms with Crippen molar-refractivity contribution in [3.8, 4) is 6.07 Å².